The molecule has 5 nitrogen and oxygen atoms in total. The van der Waals surface area contributed by atoms with Crippen LogP contribution in [0, 0.1) is 29.6 Å². The van der Waals surface area contributed by atoms with E-state index in [1.807, 2.05) is 0 Å². The Hall–Kier alpha value is -1.36. The molecule has 2 aliphatic heterocycles. The molecule has 5 heteroatoms. The second-order valence-electron chi connectivity index (χ2n) is 6.84. The molecule has 2 aliphatic carbocycles. The van der Waals surface area contributed by atoms with Crippen molar-refractivity contribution >= 4 is 11.9 Å². The average Bonchev–Trinajstić information content (AvgIpc) is 3.10. The Balaban J connectivity index is 1.48. The third-order valence-corrected chi connectivity index (χ3v) is 5.73. The van der Waals surface area contributed by atoms with Gasteiger partial charge in [0, 0.05) is 17.9 Å². The van der Waals surface area contributed by atoms with Crippen LogP contribution < -0.4 is 0 Å². The van der Waals surface area contributed by atoms with Crippen molar-refractivity contribution in [1.82, 2.24) is 0 Å². The van der Waals surface area contributed by atoms with Gasteiger partial charge >= 0.3 is 11.9 Å². The fourth-order valence-corrected chi connectivity index (χ4v) is 4.92. The molecule has 4 rings (SSSR count). The highest BCUT2D eigenvalue weighted by atomic mass is 16.7. The summed E-state index contributed by atoms with van der Waals surface area (Å²) < 4.78 is 16.6. The Morgan fingerprint density at radius 3 is 2.81 bits per heavy atom. The van der Waals surface area contributed by atoms with Crippen molar-refractivity contribution in [2.45, 2.75) is 38.6 Å². The molecular weight excluding hydrogens is 272 g/mol. The SMILES string of the molecule is C=C(C)C(=O)OC1CCC2C3CC(C2O1)C1C(=O)OCC31. The molecule has 0 aromatic carbocycles. The van der Waals surface area contributed by atoms with Crippen LogP contribution in [-0.2, 0) is 23.8 Å². The van der Waals surface area contributed by atoms with Crippen molar-refractivity contribution in [3.63, 3.8) is 0 Å². The van der Waals surface area contributed by atoms with Crippen LogP contribution in [0.25, 0.3) is 0 Å². The summed E-state index contributed by atoms with van der Waals surface area (Å²) in [6, 6.07) is 0. The standard InChI is InChI=1S/C16H20O5/c1-7(2)15(17)21-12-4-3-8-9-5-10(14(8)20-12)13-11(9)6-19-16(13)18/h8-14H,1,3-6H2,2H3. The summed E-state index contributed by atoms with van der Waals surface area (Å²) in [6.07, 6.45) is 2.33. The monoisotopic (exact) mass is 292 g/mol. The van der Waals surface area contributed by atoms with Gasteiger partial charge in [-0.15, -0.1) is 0 Å². The van der Waals surface area contributed by atoms with E-state index in [2.05, 4.69) is 6.58 Å². The molecule has 114 valence electrons. The summed E-state index contributed by atoms with van der Waals surface area (Å²) in [5.41, 5.74) is 0.383. The Labute approximate surface area is 123 Å². The van der Waals surface area contributed by atoms with Gasteiger partial charge in [0.05, 0.1) is 18.6 Å². The van der Waals surface area contributed by atoms with E-state index in [9.17, 15) is 9.59 Å². The first-order valence-corrected chi connectivity index (χ1v) is 7.75. The first-order valence-electron chi connectivity index (χ1n) is 7.75. The molecule has 0 aromatic heterocycles. The number of rotatable bonds is 2. The second-order valence-corrected chi connectivity index (χ2v) is 6.84. The lowest BCUT2D eigenvalue weighted by molar-refractivity contribution is -0.222. The molecule has 4 aliphatic rings. The topological polar surface area (TPSA) is 61.8 Å². The van der Waals surface area contributed by atoms with E-state index >= 15 is 0 Å². The molecular formula is C16H20O5. The average molecular weight is 292 g/mol. The molecule has 0 N–H and O–H groups in total. The van der Waals surface area contributed by atoms with Crippen LogP contribution >= 0.6 is 0 Å². The van der Waals surface area contributed by atoms with E-state index in [0.29, 0.717) is 29.9 Å². The van der Waals surface area contributed by atoms with Crippen LogP contribution in [0.3, 0.4) is 0 Å². The molecule has 2 saturated heterocycles. The van der Waals surface area contributed by atoms with Gasteiger partial charge < -0.3 is 14.2 Å². The third kappa shape index (κ3) is 1.86. The fraction of sp³-hybridized carbons (Fsp3) is 0.750. The normalized spacial score (nSPS) is 46.7. The molecule has 0 amide bonds. The molecule has 2 heterocycles. The lowest BCUT2D eigenvalue weighted by Crippen LogP contribution is -2.46. The number of hydrogen-bond donors (Lipinski definition) is 0. The maximum atomic E-state index is 11.9. The predicted molar refractivity (Wildman–Crippen MR) is 71.8 cm³/mol. The molecule has 0 spiro atoms. The molecule has 4 fully saturated rings. The molecule has 7 atom stereocenters. The number of esters is 2. The van der Waals surface area contributed by atoms with E-state index in [4.69, 9.17) is 14.2 Å². The quantitative estimate of drug-likeness (QED) is 0.572. The smallest absolute Gasteiger partial charge is 0.335 e. The molecule has 2 bridgehead atoms. The van der Waals surface area contributed by atoms with Crippen molar-refractivity contribution in [3.05, 3.63) is 12.2 Å². The third-order valence-electron chi connectivity index (χ3n) is 5.73. The van der Waals surface area contributed by atoms with E-state index in [1.165, 1.54) is 0 Å². The fourth-order valence-electron chi connectivity index (χ4n) is 4.92. The van der Waals surface area contributed by atoms with Crippen LogP contribution in [0.2, 0.25) is 0 Å². The number of carbonyl (C=O) groups is 2. The van der Waals surface area contributed by atoms with Crippen LogP contribution in [0.4, 0.5) is 0 Å². The van der Waals surface area contributed by atoms with E-state index in [1.54, 1.807) is 6.92 Å². The minimum absolute atomic E-state index is 0.00634. The van der Waals surface area contributed by atoms with E-state index in [-0.39, 0.29) is 23.9 Å². The molecule has 21 heavy (non-hydrogen) atoms. The number of hydrogen-bond acceptors (Lipinski definition) is 5. The zero-order chi connectivity index (χ0) is 14.7. The van der Waals surface area contributed by atoms with Crippen molar-refractivity contribution in [2.75, 3.05) is 6.61 Å². The Morgan fingerprint density at radius 1 is 1.24 bits per heavy atom. The second kappa shape index (κ2) is 4.57. The first kappa shape index (κ1) is 13.3. The Morgan fingerprint density at radius 2 is 2.05 bits per heavy atom. The van der Waals surface area contributed by atoms with Crippen molar-refractivity contribution < 1.29 is 23.8 Å². The summed E-state index contributed by atoms with van der Waals surface area (Å²) in [7, 11) is 0. The lowest BCUT2D eigenvalue weighted by atomic mass is 9.71. The van der Waals surface area contributed by atoms with Crippen LogP contribution in [0.1, 0.15) is 26.2 Å². The highest BCUT2D eigenvalue weighted by molar-refractivity contribution is 5.87. The molecule has 7 unspecified atom stereocenters. The van der Waals surface area contributed by atoms with Crippen molar-refractivity contribution in [2.24, 2.45) is 29.6 Å². The maximum absolute atomic E-state index is 11.9. The number of fused-ring (bicyclic) bond motifs is 8. The highest BCUT2D eigenvalue weighted by Gasteiger charge is 2.64. The largest absolute Gasteiger partial charge is 0.465 e. The molecule has 2 saturated carbocycles. The van der Waals surface area contributed by atoms with Gasteiger partial charge in [-0.25, -0.2) is 4.79 Å². The van der Waals surface area contributed by atoms with Gasteiger partial charge in [0.25, 0.3) is 0 Å². The van der Waals surface area contributed by atoms with Crippen LogP contribution in [-0.4, -0.2) is 30.9 Å². The van der Waals surface area contributed by atoms with Crippen LogP contribution in [0.15, 0.2) is 12.2 Å². The molecule has 0 aromatic rings. The first-order chi connectivity index (χ1) is 10.1. The minimum atomic E-state index is -0.495. The highest BCUT2D eigenvalue weighted by Crippen LogP contribution is 2.61. The Bertz CT molecular complexity index is 513. The minimum Gasteiger partial charge on any atom is -0.465 e. The van der Waals surface area contributed by atoms with Gasteiger partial charge in [0.1, 0.15) is 0 Å². The van der Waals surface area contributed by atoms with Crippen molar-refractivity contribution in [1.29, 1.82) is 0 Å². The molecule has 0 radical (unpaired) electrons. The van der Waals surface area contributed by atoms with E-state index in [0.717, 1.165) is 19.3 Å². The Kier molecular flexibility index (Phi) is 2.89. The van der Waals surface area contributed by atoms with E-state index < -0.39 is 12.3 Å². The number of ether oxygens (including phenoxy) is 3. The summed E-state index contributed by atoms with van der Waals surface area (Å²) in [4.78, 5) is 23.5. The van der Waals surface area contributed by atoms with Gasteiger partial charge in [0.15, 0.2) is 0 Å². The van der Waals surface area contributed by atoms with Gasteiger partial charge in [0.2, 0.25) is 6.29 Å². The maximum Gasteiger partial charge on any atom is 0.335 e. The number of carbonyl (C=O) groups excluding carboxylic acids is 2. The number of cyclic esters (lactones) is 1. The van der Waals surface area contributed by atoms with Gasteiger partial charge in [-0.3, -0.25) is 4.79 Å². The van der Waals surface area contributed by atoms with Crippen LogP contribution in [0.5, 0.6) is 0 Å². The summed E-state index contributed by atoms with van der Waals surface area (Å²) in [6.45, 7) is 5.80. The van der Waals surface area contributed by atoms with Gasteiger partial charge in [-0.2, -0.15) is 0 Å². The lowest BCUT2D eigenvalue weighted by Gasteiger charge is -2.41. The zero-order valence-electron chi connectivity index (χ0n) is 12.1. The van der Waals surface area contributed by atoms with Crippen molar-refractivity contribution in [3.8, 4) is 0 Å². The zero-order valence-corrected chi connectivity index (χ0v) is 12.1. The van der Waals surface area contributed by atoms with Gasteiger partial charge in [-0.1, -0.05) is 6.58 Å². The summed E-state index contributed by atoms with van der Waals surface area (Å²) >= 11 is 0. The van der Waals surface area contributed by atoms with Gasteiger partial charge in [-0.05, 0) is 37.5 Å². The summed E-state index contributed by atoms with van der Waals surface area (Å²) in [5, 5.41) is 0. The predicted octanol–water partition coefficient (Wildman–Crippen LogP) is 1.67. The summed E-state index contributed by atoms with van der Waals surface area (Å²) in [5.74, 6) is 1.20.